The normalized spacial score (nSPS) is 19.0. The van der Waals surface area contributed by atoms with E-state index in [4.69, 9.17) is 9.84 Å². The van der Waals surface area contributed by atoms with E-state index in [1.54, 1.807) is 4.90 Å². The van der Waals surface area contributed by atoms with Gasteiger partial charge in [0, 0.05) is 26.1 Å². The van der Waals surface area contributed by atoms with Crippen molar-refractivity contribution in [3.05, 3.63) is 0 Å². The Balaban J connectivity index is 2.29. The Labute approximate surface area is 120 Å². The first kappa shape index (κ1) is 16.8. The van der Waals surface area contributed by atoms with Crippen molar-refractivity contribution in [3.8, 4) is 0 Å². The Bertz CT molecular complexity index is 339. The van der Waals surface area contributed by atoms with E-state index >= 15 is 0 Å². The SMILES string of the molecule is CC(C)(C)OC(=O)N[C@H]1CCN(C(=O)CCCCO)C1. The molecule has 2 amide bonds. The highest BCUT2D eigenvalue weighted by molar-refractivity contribution is 5.76. The number of nitrogens with zero attached hydrogens (tertiary/aromatic N) is 1. The Hall–Kier alpha value is -1.30. The van der Waals surface area contributed by atoms with Gasteiger partial charge in [-0.05, 0) is 40.0 Å². The molecule has 1 aliphatic rings. The van der Waals surface area contributed by atoms with Crippen LogP contribution >= 0.6 is 0 Å². The molecule has 2 N–H and O–H groups in total. The molecule has 0 radical (unpaired) electrons. The molecule has 0 aliphatic carbocycles. The average molecular weight is 286 g/mol. The molecule has 1 heterocycles. The number of aliphatic hydroxyl groups is 1. The summed E-state index contributed by atoms with van der Waals surface area (Å²) < 4.78 is 5.19. The van der Waals surface area contributed by atoms with Crippen molar-refractivity contribution in [2.45, 2.75) is 58.1 Å². The van der Waals surface area contributed by atoms with E-state index in [2.05, 4.69) is 5.32 Å². The van der Waals surface area contributed by atoms with Gasteiger partial charge in [-0.3, -0.25) is 4.79 Å². The predicted molar refractivity (Wildman–Crippen MR) is 75.3 cm³/mol. The first-order valence-corrected chi connectivity index (χ1v) is 7.20. The van der Waals surface area contributed by atoms with E-state index in [1.807, 2.05) is 20.8 Å². The summed E-state index contributed by atoms with van der Waals surface area (Å²) in [5, 5.41) is 11.5. The lowest BCUT2D eigenvalue weighted by Crippen LogP contribution is -2.41. The topological polar surface area (TPSA) is 78.9 Å². The van der Waals surface area contributed by atoms with E-state index in [1.165, 1.54) is 0 Å². The van der Waals surface area contributed by atoms with Crippen LogP contribution < -0.4 is 5.32 Å². The van der Waals surface area contributed by atoms with Crippen molar-refractivity contribution in [1.82, 2.24) is 10.2 Å². The Morgan fingerprint density at radius 2 is 2.05 bits per heavy atom. The second kappa shape index (κ2) is 7.47. The molecule has 116 valence electrons. The Morgan fingerprint density at radius 1 is 1.35 bits per heavy atom. The van der Waals surface area contributed by atoms with Crippen LogP contribution in [0.4, 0.5) is 4.79 Å². The van der Waals surface area contributed by atoms with Crippen molar-refractivity contribution < 1.29 is 19.4 Å². The van der Waals surface area contributed by atoms with E-state index in [0.717, 1.165) is 6.42 Å². The molecule has 0 unspecified atom stereocenters. The number of carbonyl (C=O) groups is 2. The van der Waals surface area contributed by atoms with Gasteiger partial charge in [0.25, 0.3) is 0 Å². The summed E-state index contributed by atoms with van der Waals surface area (Å²) in [6.45, 7) is 6.78. The molecule has 1 aliphatic heterocycles. The first-order chi connectivity index (χ1) is 9.31. The number of hydrogen-bond acceptors (Lipinski definition) is 4. The summed E-state index contributed by atoms with van der Waals surface area (Å²) in [5.74, 6) is 0.0898. The number of ether oxygens (including phenoxy) is 1. The van der Waals surface area contributed by atoms with Crippen LogP contribution in [0.2, 0.25) is 0 Å². The highest BCUT2D eigenvalue weighted by atomic mass is 16.6. The van der Waals surface area contributed by atoms with Crippen molar-refractivity contribution in [2.24, 2.45) is 0 Å². The van der Waals surface area contributed by atoms with Crippen LogP contribution in [-0.4, -0.2) is 53.3 Å². The third-order valence-electron chi connectivity index (χ3n) is 3.06. The predicted octanol–water partition coefficient (Wildman–Crippen LogP) is 1.27. The van der Waals surface area contributed by atoms with Gasteiger partial charge in [-0.15, -0.1) is 0 Å². The van der Waals surface area contributed by atoms with E-state index in [-0.39, 0.29) is 18.6 Å². The van der Waals surface area contributed by atoms with Crippen LogP contribution in [-0.2, 0) is 9.53 Å². The Kier molecular flexibility index (Phi) is 6.26. The number of likely N-dealkylation sites (tertiary alicyclic amines) is 1. The van der Waals surface area contributed by atoms with Gasteiger partial charge in [0.05, 0.1) is 6.04 Å². The minimum Gasteiger partial charge on any atom is -0.444 e. The Morgan fingerprint density at radius 3 is 2.65 bits per heavy atom. The van der Waals surface area contributed by atoms with Gasteiger partial charge in [0.15, 0.2) is 0 Å². The molecule has 0 aromatic carbocycles. The van der Waals surface area contributed by atoms with Gasteiger partial charge in [0.1, 0.15) is 5.60 Å². The maximum absolute atomic E-state index is 11.9. The highest BCUT2D eigenvalue weighted by Gasteiger charge is 2.28. The summed E-state index contributed by atoms with van der Waals surface area (Å²) in [6.07, 6.45) is 2.14. The molecule has 0 aromatic rings. The van der Waals surface area contributed by atoms with Gasteiger partial charge < -0.3 is 20.1 Å². The molecule has 1 saturated heterocycles. The third-order valence-corrected chi connectivity index (χ3v) is 3.06. The first-order valence-electron chi connectivity index (χ1n) is 7.20. The third kappa shape index (κ3) is 6.23. The van der Waals surface area contributed by atoms with Crippen LogP contribution in [0.3, 0.4) is 0 Å². The average Bonchev–Trinajstić information content (AvgIpc) is 2.75. The van der Waals surface area contributed by atoms with Gasteiger partial charge in [-0.25, -0.2) is 4.79 Å². The molecule has 0 aromatic heterocycles. The van der Waals surface area contributed by atoms with Crippen LogP contribution in [0.5, 0.6) is 0 Å². The molecule has 0 bridgehead atoms. The zero-order valence-electron chi connectivity index (χ0n) is 12.6. The van der Waals surface area contributed by atoms with Crippen molar-refractivity contribution in [2.75, 3.05) is 19.7 Å². The highest BCUT2D eigenvalue weighted by Crippen LogP contribution is 2.13. The smallest absolute Gasteiger partial charge is 0.407 e. The van der Waals surface area contributed by atoms with E-state index in [9.17, 15) is 9.59 Å². The van der Waals surface area contributed by atoms with E-state index in [0.29, 0.717) is 32.4 Å². The number of aliphatic hydroxyl groups excluding tert-OH is 1. The van der Waals surface area contributed by atoms with Crippen molar-refractivity contribution >= 4 is 12.0 Å². The van der Waals surface area contributed by atoms with Gasteiger partial charge in [-0.2, -0.15) is 0 Å². The van der Waals surface area contributed by atoms with Crippen molar-refractivity contribution in [3.63, 3.8) is 0 Å². The van der Waals surface area contributed by atoms with Gasteiger partial charge in [-0.1, -0.05) is 0 Å². The van der Waals surface area contributed by atoms with Crippen LogP contribution in [0, 0.1) is 0 Å². The molecule has 1 atom stereocenters. The number of unbranched alkanes of at least 4 members (excludes halogenated alkanes) is 1. The van der Waals surface area contributed by atoms with Crippen LogP contribution in [0.25, 0.3) is 0 Å². The number of carbonyl (C=O) groups excluding carboxylic acids is 2. The molecular weight excluding hydrogens is 260 g/mol. The van der Waals surface area contributed by atoms with Crippen LogP contribution in [0.15, 0.2) is 0 Å². The lowest BCUT2D eigenvalue weighted by molar-refractivity contribution is -0.130. The van der Waals surface area contributed by atoms with E-state index < -0.39 is 11.7 Å². The zero-order chi connectivity index (χ0) is 15.2. The molecular formula is C14H26N2O4. The summed E-state index contributed by atoms with van der Waals surface area (Å²) in [7, 11) is 0. The second-order valence-corrected chi connectivity index (χ2v) is 6.15. The monoisotopic (exact) mass is 286 g/mol. The molecule has 0 spiro atoms. The van der Waals surface area contributed by atoms with Crippen molar-refractivity contribution in [1.29, 1.82) is 0 Å². The van der Waals surface area contributed by atoms with Gasteiger partial charge >= 0.3 is 6.09 Å². The zero-order valence-corrected chi connectivity index (χ0v) is 12.6. The number of alkyl carbamates (subject to hydrolysis) is 1. The quantitative estimate of drug-likeness (QED) is 0.746. The minimum absolute atomic E-state index is 0.0355. The number of rotatable bonds is 5. The fraction of sp³-hybridized carbons (Fsp3) is 0.857. The largest absolute Gasteiger partial charge is 0.444 e. The fourth-order valence-corrected chi connectivity index (χ4v) is 2.12. The molecule has 1 fully saturated rings. The molecule has 6 nitrogen and oxygen atoms in total. The van der Waals surface area contributed by atoms with Gasteiger partial charge in [0.2, 0.25) is 5.91 Å². The molecule has 0 saturated carbocycles. The number of hydrogen-bond donors (Lipinski definition) is 2. The molecule has 6 heteroatoms. The maximum Gasteiger partial charge on any atom is 0.407 e. The molecule has 20 heavy (non-hydrogen) atoms. The standard InChI is InChI=1S/C14H26N2O4/c1-14(2,3)20-13(19)15-11-7-8-16(10-11)12(18)6-4-5-9-17/h11,17H,4-10H2,1-3H3,(H,15,19)/t11-/m0/s1. The summed E-state index contributed by atoms with van der Waals surface area (Å²) in [6, 6.07) is -0.0355. The maximum atomic E-state index is 11.9. The van der Waals surface area contributed by atoms with Crippen LogP contribution in [0.1, 0.15) is 46.5 Å². The minimum atomic E-state index is -0.511. The second-order valence-electron chi connectivity index (χ2n) is 6.15. The lowest BCUT2D eigenvalue weighted by atomic mass is 10.2. The number of nitrogens with one attached hydrogen (secondary N) is 1. The molecule has 1 rings (SSSR count). The number of amides is 2. The summed E-state index contributed by atoms with van der Waals surface area (Å²) in [4.78, 5) is 25.3. The fourth-order valence-electron chi connectivity index (χ4n) is 2.12. The summed E-state index contributed by atoms with van der Waals surface area (Å²) in [5.41, 5.74) is -0.511. The summed E-state index contributed by atoms with van der Waals surface area (Å²) >= 11 is 0. The lowest BCUT2D eigenvalue weighted by Gasteiger charge is -2.22.